The van der Waals surface area contributed by atoms with E-state index in [9.17, 15) is 22.4 Å². The van der Waals surface area contributed by atoms with Crippen molar-refractivity contribution in [1.29, 1.82) is 0 Å². The molecule has 32 heavy (non-hydrogen) atoms. The van der Waals surface area contributed by atoms with E-state index in [1.807, 2.05) is 0 Å². The fourth-order valence-corrected chi connectivity index (χ4v) is 3.13. The molecule has 3 aromatic carbocycles. The van der Waals surface area contributed by atoms with Crippen molar-refractivity contribution in [3.05, 3.63) is 89.6 Å². The van der Waals surface area contributed by atoms with Gasteiger partial charge >= 0.3 is 6.18 Å². The maximum atomic E-state index is 13.9. The molecule has 0 atom stereocenters. The molecule has 1 N–H and O–H groups in total. The highest BCUT2D eigenvalue weighted by Crippen LogP contribution is 2.33. The molecular weight excluding hydrogens is 426 g/mol. The quantitative estimate of drug-likeness (QED) is 0.387. The first kappa shape index (κ1) is 21.2. The van der Waals surface area contributed by atoms with Crippen LogP contribution in [0, 0.1) is 12.7 Å². The zero-order chi connectivity index (χ0) is 22.9. The highest BCUT2D eigenvalue weighted by Gasteiger charge is 2.30. The fourth-order valence-electron chi connectivity index (χ4n) is 3.13. The van der Waals surface area contributed by atoms with Crippen molar-refractivity contribution in [2.45, 2.75) is 13.1 Å². The monoisotopic (exact) mass is 441 g/mol. The van der Waals surface area contributed by atoms with E-state index >= 15 is 0 Å². The Morgan fingerprint density at radius 3 is 2.34 bits per heavy atom. The van der Waals surface area contributed by atoms with Crippen LogP contribution in [-0.2, 0) is 6.18 Å². The summed E-state index contributed by atoms with van der Waals surface area (Å²) in [6.07, 6.45) is -4.54. The summed E-state index contributed by atoms with van der Waals surface area (Å²) in [6, 6.07) is 14.4. The minimum atomic E-state index is -4.54. The third-order valence-corrected chi connectivity index (χ3v) is 4.64. The number of nitrogens with one attached hydrogen (secondary N) is 1. The molecule has 9 heteroatoms. The predicted octanol–water partition coefficient (Wildman–Crippen LogP) is 6.12. The second-order valence-electron chi connectivity index (χ2n) is 6.93. The van der Waals surface area contributed by atoms with Crippen LogP contribution in [0.1, 0.15) is 21.8 Å². The summed E-state index contributed by atoms with van der Waals surface area (Å²) in [4.78, 5) is 12.9. The number of aromatic nitrogens is 2. The van der Waals surface area contributed by atoms with Crippen molar-refractivity contribution in [2.24, 2.45) is 0 Å². The van der Waals surface area contributed by atoms with E-state index in [-0.39, 0.29) is 16.7 Å². The summed E-state index contributed by atoms with van der Waals surface area (Å²) >= 11 is 0. The fraction of sp³-hybridized carbons (Fsp3) is 0.0870. The SMILES string of the molecule is Cc1nnc(-c2ccc(NC(=O)c3cc(F)ccc3-c3cccc(C(F)(F)F)c3)cc2)o1. The van der Waals surface area contributed by atoms with Gasteiger partial charge in [-0.3, -0.25) is 4.79 Å². The Hall–Kier alpha value is -4.01. The Morgan fingerprint density at radius 2 is 1.69 bits per heavy atom. The molecule has 0 aliphatic rings. The molecule has 0 spiro atoms. The molecule has 5 nitrogen and oxygen atoms in total. The first-order valence-electron chi connectivity index (χ1n) is 9.40. The lowest BCUT2D eigenvalue weighted by Gasteiger charge is -2.13. The van der Waals surface area contributed by atoms with E-state index in [0.29, 0.717) is 23.0 Å². The Balaban J connectivity index is 1.63. The van der Waals surface area contributed by atoms with Crippen LogP contribution in [-0.4, -0.2) is 16.1 Å². The van der Waals surface area contributed by atoms with Crippen LogP contribution in [0.15, 0.2) is 71.1 Å². The smallest absolute Gasteiger partial charge is 0.416 e. The molecule has 1 aromatic heterocycles. The molecule has 0 unspecified atom stereocenters. The van der Waals surface area contributed by atoms with E-state index in [4.69, 9.17) is 4.42 Å². The van der Waals surface area contributed by atoms with E-state index < -0.39 is 23.5 Å². The van der Waals surface area contributed by atoms with Gasteiger partial charge in [-0.2, -0.15) is 13.2 Å². The highest BCUT2D eigenvalue weighted by molar-refractivity contribution is 6.08. The zero-order valence-corrected chi connectivity index (χ0v) is 16.6. The molecular formula is C23H15F4N3O2. The molecule has 4 rings (SSSR count). The van der Waals surface area contributed by atoms with Gasteiger partial charge < -0.3 is 9.73 Å². The maximum absolute atomic E-state index is 13.9. The molecule has 0 aliphatic heterocycles. The number of aryl methyl sites for hydroxylation is 1. The van der Waals surface area contributed by atoms with E-state index in [0.717, 1.165) is 24.3 Å². The average Bonchev–Trinajstić information content (AvgIpc) is 3.20. The van der Waals surface area contributed by atoms with Crippen LogP contribution in [0.2, 0.25) is 0 Å². The van der Waals surface area contributed by atoms with E-state index in [1.54, 1.807) is 31.2 Å². The van der Waals surface area contributed by atoms with Crippen LogP contribution in [0.5, 0.6) is 0 Å². The third-order valence-electron chi connectivity index (χ3n) is 4.64. The molecule has 0 aliphatic carbocycles. The topological polar surface area (TPSA) is 68.0 Å². The van der Waals surface area contributed by atoms with Crippen molar-refractivity contribution in [1.82, 2.24) is 10.2 Å². The summed E-state index contributed by atoms with van der Waals surface area (Å²) in [6.45, 7) is 1.66. The van der Waals surface area contributed by atoms with Gasteiger partial charge in [-0.05, 0) is 59.7 Å². The normalized spacial score (nSPS) is 11.4. The Kier molecular flexibility index (Phi) is 5.48. The molecule has 1 heterocycles. The van der Waals surface area contributed by atoms with Crippen molar-refractivity contribution in [3.8, 4) is 22.6 Å². The van der Waals surface area contributed by atoms with Gasteiger partial charge in [0.2, 0.25) is 11.8 Å². The van der Waals surface area contributed by atoms with Crippen LogP contribution in [0.3, 0.4) is 0 Å². The van der Waals surface area contributed by atoms with E-state index in [2.05, 4.69) is 15.5 Å². The number of carbonyl (C=O) groups is 1. The predicted molar refractivity (Wildman–Crippen MR) is 109 cm³/mol. The van der Waals surface area contributed by atoms with Crippen LogP contribution in [0.25, 0.3) is 22.6 Å². The molecule has 0 saturated heterocycles. The highest BCUT2D eigenvalue weighted by atomic mass is 19.4. The van der Waals surface area contributed by atoms with E-state index in [1.165, 1.54) is 18.2 Å². The Labute approximate surface area is 179 Å². The number of rotatable bonds is 4. The summed E-state index contributed by atoms with van der Waals surface area (Å²) in [7, 11) is 0. The number of alkyl halides is 3. The van der Waals surface area contributed by atoms with Gasteiger partial charge in [0.05, 0.1) is 11.1 Å². The van der Waals surface area contributed by atoms with Gasteiger partial charge in [0.1, 0.15) is 5.82 Å². The van der Waals surface area contributed by atoms with Crippen molar-refractivity contribution >= 4 is 11.6 Å². The lowest BCUT2D eigenvalue weighted by Crippen LogP contribution is -2.13. The Morgan fingerprint density at radius 1 is 0.938 bits per heavy atom. The first-order valence-corrected chi connectivity index (χ1v) is 9.40. The standard InChI is InChI=1S/C23H15F4N3O2/c1-13-29-30-22(32-13)14-5-8-18(9-6-14)28-21(31)20-12-17(24)7-10-19(20)15-3-2-4-16(11-15)23(25,26)27/h2-12H,1H3,(H,28,31). The largest absolute Gasteiger partial charge is 0.421 e. The molecule has 4 aromatic rings. The number of hydrogen-bond acceptors (Lipinski definition) is 4. The zero-order valence-electron chi connectivity index (χ0n) is 16.6. The maximum Gasteiger partial charge on any atom is 0.416 e. The molecule has 162 valence electrons. The van der Waals surface area contributed by atoms with Crippen molar-refractivity contribution in [3.63, 3.8) is 0 Å². The second-order valence-corrected chi connectivity index (χ2v) is 6.93. The van der Waals surface area contributed by atoms with Crippen LogP contribution >= 0.6 is 0 Å². The van der Waals surface area contributed by atoms with Crippen LogP contribution in [0.4, 0.5) is 23.2 Å². The van der Waals surface area contributed by atoms with Gasteiger partial charge in [0.15, 0.2) is 0 Å². The Bertz CT molecular complexity index is 1280. The second kappa shape index (κ2) is 8.26. The minimum Gasteiger partial charge on any atom is -0.421 e. The number of nitrogens with zero attached hydrogens (tertiary/aromatic N) is 2. The van der Waals surface area contributed by atoms with Gasteiger partial charge in [0, 0.05) is 18.2 Å². The lowest BCUT2D eigenvalue weighted by atomic mass is 9.97. The number of benzene rings is 3. The summed E-state index contributed by atoms with van der Waals surface area (Å²) in [5.74, 6) is -0.630. The third kappa shape index (κ3) is 4.51. The van der Waals surface area contributed by atoms with Crippen molar-refractivity contribution < 1.29 is 26.8 Å². The molecule has 1 amide bonds. The first-order chi connectivity index (χ1) is 15.2. The summed E-state index contributed by atoms with van der Waals surface area (Å²) in [5, 5.41) is 10.3. The number of anilines is 1. The van der Waals surface area contributed by atoms with Gasteiger partial charge in [-0.15, -0.1) is 10.2 Å². The van der Waals surface area contributed by atoms with Crippen molar-refractivity contribution in [2.75, 3.05) is 5.32 Å². The summed E-state index contributed by atoms with van der Waals surface area (Å²) in [5.41, 5.74) is 0.395. The van der Waals surface area contributed by atoms with Gasteiger partial charge in [0.25, 0.3) is 5.91 Å². The molecule has 0 saturated carbocycles. The average molecular weight is 441 g/mol. The van der Waals surface area contributed by atoms with Crippen LogP contribution < -0.4 is 5.32 Å². The number of halogens is 4. The summed E-state index contributed by atoms with van der Waals surface area (Å²) < 4.78 is 58.5. The lowest BCUT2D eigenvalue weighted by molar-refractivity contribution is -0.137. The molecule has 0 radical (unpaired) electrons. The minimum absolute atomic E-state index is 0.0964. The molecule has 0 bridgehead atoms. The number of amides is 1. The van der Waals surface area contributed by atoms with Gasteiger partial charge in [-0.25, -0.2) is 4.39 Å². The number of hydrogen-bond donors (Lipinski definition) is 1. The molecule has 0 fully saturated rings. The number of carbonyl (C=O) groups excluding carboxylic acids is 1. The van der Waals surface area contributed by atoms with Gasteiger partial charge in [-0.1, -0.05) is 18.2 Å².